The summed E-state index contributed by atoms with van der Waals surface area (Å²) in [5.74, 6) is 0. The number of benzene rings is 1. The molecule has 0 radical (unpaired) electrons. The average Bonchev–Trinajstić information content (AvgIpc) is 3.04. The summed E-state index contributed by atoms with van der Waals surface area (Å²) in [7, 11) is 0. The van der Waals surface area contributed by atoms with Crippen molar-refractivity contribution < 1.29 is 0 Å². The highest BCUT2D eigenvalue weighted by atomic mass is 15.3. The van der Waals surface area contributed by atoms with Crippen LogP contribution in [0, 0.1) is 0 Å². The molecule has 0 unspecified atom stereocenters. The van der Waals surface area contributed by atoms with E-state index in [-0.39, 0.29) is 0 Å². The highest BCUT2D eigenvalue weighted by Gasteiger charge is 2.26. The lowest BCUT2D eigenvalue weighted by molar-refractivity contribution is 0.187. The number of anilines is 2. The fourth-order valence-corrected chi connectivity index (χ4v) is 3.37. The highest BCUT2D eigenvalue weighted by molar-refractivity contribution is 5.67. The molecule has 1 saturated carbocycles. The van der Waals surface area contributed by atoms with Crippen molar-refractivity contribution in [2.24, 2.45) is 0 Å². The predicted molar refractivity (Wildman–Crippen MR) is 88.2 cm³/mol. The maximum absolute atomic E-state index is 6.05. The molecule has 0 amide bonds. The number of nitrogens with zero attached hydrogens (tertiary/aromatic N) is 2. The fourth-order valence-electron chi connectivity index (χ4n) is 3.37. The van der Waals surface area contributed by atoms with Crippen LogP contribution in [0.3, 0.4) is 0 Å². The smallest absolute Gasteiger partial charge is 0.0600 e. The Labute approximate surface area is 123 Å². The molecule has 2 aliphatic rings. The van der Waals surface area contributed by atoms with E-state index in [1.165, 1.54) is 44.5 Å². The Morgan fingerprint density at radius 3 is 2.15 bits per heavy atom. The van der Waals surface area contributed by atoms with E-state index in [9.17, 15) is 0 Å². The summed E-state index contributed by atoms with van der Waals surface area (Å²) < 4.78 is 0. The number of nitrogens with two attached hydrogens (primary N) is 1. The quantitative estimate of drug-likeness (QED) is 0.840. The van der Waals surface area contributed by atoms with Crippen molar-refractivity contribution in [2.75, 3.05) is 36.8 Å². The summed E-state index contributed by atoms with van der Waals surface area (Å²) in [6.45, 7) is 8.62. The topological polar surface area (TPSA) is 32.5 Å². The summed E-state index contributed by atoms with van der Waals surface area (Å²) in [4.78, 5) is 5.11. The van der Waals surface area contributed by atoms with Crippen LogP contribution < -0.4 is 10.6 Å². The first-order valence-corrected chi connectivity index (χ1v) is 8.18. The monoisotopic (exact) mass is 275 g/mol. The van der Waals surface area contributed by atoms with E-state index in [0.29, 0.717) is 0 Å². The van der Waals surface area contributed by atoms with Crippen LogP contribution in [0.5, 0.6) is 0 Å². The van der Waals surface area contributed by atoms with Gasteiger partial charge in [0.15, 0.2) is 0 Å². The molecule has 1 saturated heterocycles. The van der Waals surface area contributed by atoms with Crippen molar-refractivity contribution in [3.8, 4) is 0 Å². The van der Waals surface area contributed by atoms with Gasteiger partial charge in [0.05, 0.1) is 11.4 Å². The SMILES string of the molecule is CC.Nc1ccccc1N1CCN(C2CCCC2)CC1. The second-order valence-corrected chi connectivity index (χ2v) is 5.52. The molecule has 0 spiro atoms. The number of piperazine rings is 1. The molecule has 1 aliphatic carbocycles. The molecule has 3 heteroatoms. The van der Waals surface area contributed by atoms with E-state index < -0.39 is 0 Å². The van der Waals surface area contributed by atoms with Crippen LogP contribution in [0.1, 0.15) is 39.5 Å². The highest BCUT2D eigenvalue weighted by Crippen LogP contribution is 2.27. The average molecular weight is 275 g/mol. The molecule has 112 valence electrons. The lowest BCUT2D eigenvalue weighted by Gasteiger charge is -2.39. The maximum Gasteiger partial charge on any atom is 0.0600 e. The Bertz CT molecular complexity index is 391. The van der Waals surface area contributed by atoms with Crippen LogP contribution in [0.4, 0.5) is 11.4 Å². The van der Waals surface area contributed by atoms with Crippen LogP contribution in [0.15, 0.2) is 24.3 Å². The molecule has 1 aliphatic heterocycles. The van der Waals surface area contributed by atoms with Gasteiger partial charge in [0.1, 0.15) is 0 Å². The van der Waals surface area contributed by atoms with Crippen LogP contribution >= 0.6 is 0 Å². The van der Waals surface area contributed by atoms with E-state index in [1.54, 1.807) is 0 Å². The van der Waals surface area contributed by atoms with Crippen LogP contribution in [-0.4, -0.2) is 37.1 Å². The number of rotatable bonds is 2. The number of hydrogen-bond donors (Lipinski definition) is 1. The maximum atomic E-state index is 6.05. The molecular formula is C17H29N3. The third-order valence-electron chi connectivity index (χ3n) is 4.43. The molecule has 0 aromatic heterocycles. The Morgan fingerprint density at radius 1 is 0.950 bits per heavy atom. The molecular weight excluding hydrogens is 246 g/mol. The van der Waals surface area contributed by atoms with Crippen LogP contribution in [-0.2, 0) is 0 Å². The van der Waals surface area contributed by atoms with Gasteiger partial charge in [-0.25, -0.2) is 0 Å². The van der Waals surface area contributed by atoms with Crippen LogP contribution in [0.2, 0.25) is 0 Å². The van der Waals surface area contributed by atoms with Gasteiger partial charge in [-0.1, -0.05) is 38.8 Å². The standard InChI is InChI=1S/C15H23N3.C2H6/c16-14-7-3-4-8-15(14)18-11-9-17(10-12-18)13-5-1-2-6-13;1-2/h3-4,7-8,13H,1-2,5-6,9-12,16H2;1-2H3. The first-order valence-electron chi connectivity index (χ1n) is 8.18. The number of nitrogen functional groups attached to an aromatic ring is 1. The van der Waals surface area contributed by atoms with Crippen molar-refractivity contribution in [3.05, 3.63) is 24.3 Å². The van der Waals surface area contributed by atoms with Gasteiger partial charge in [0, 0.05) is 32.2 Å². The third kappa shape index (κ3) is 3.45. The summed E-state index contributed by atoms with van der Waals surface area (Å²) >= 11 is 0. The van der Waals surface area contributed by atoms with E-state index >= 15 is 0 Å². The van der Waals surface area contributed by atoms with Crippen molar-refractivity contribution >= 4 is 11.4 Å². The molecule has 3 nitrogen and oxygen atoms in total. The van der Waals surface area contributed by atoms with Crippen molar-refractivity contribution in [1.29, 1.82) is 0 Å². The van der Waals surface area contributed by atoms with E-state index in [2.05, 4.69) is 21.9 Å². The Kier molecular flexibility index (Phi) is 5.72. The largest absolute Gasteiger partial charge is 0.397 e. The minimum Gasteiger partial charge on any atom is -0.397 e. The van der Waals surface area contributed by atoms with Gasteiger partial charge >= 0.3 is 0 Å². The first kappa shape index (κ1) is 15.2. The van der Waals surface area contributed by atoms with Gasteiger partial charge in [0.25, 0.3) is 0 Å². The normalized spacial score (nSPS) is 20.6. The Balaban J connectivity index is 0.000000704. The van der Waals surface area contributed by atoms with Crippen molar-refractivity contribution in [3.63, 3.8) is 0 Å². The molecule has 20 heavy (non-hydrogen) atoms. The summed E-state index contributed by atoms with van der Waals surface area (Å²) in [5, 5.41) is 0. The Morgan fingerprint density at radius 2 is 1.55 bits per heavy atom. The van der Waals surface area contributed by atoms with Crippen molar-refractivity contribution in [1.82, 2.24) is 4.90 Å². The zero-order chi connectivity index (χ0) is 14.4. The molecule has 2 N–H and O–H groups in total. The molecule has 2 fully saturated rings. The van der Waals surface area contributed by atoms with Gasteiger partial charge < -0.3 is 10.6 Å². The second kappa shape index (κ2) is 7.53. The van der Waals surface area contributed by atoms with Gasteiger partial charge in [-0.15, -0.1) is 0 Å². The minimum atomic E-state index is 0.861. The summed E-state index contributed by atoms with van der Waals surface area (Å²) in [6.07, 6.45) is 5.67. The van der Waals surface area contributed by atoms with E-state index in [1.807, 2.05) is 26.0 Å². The zero-order valence-electron chi connectivity index (χ0n) is 13.0. The third-order valence-corrected chi connectivity index (χ3v) is 4.43. The fraction of sp³-hybridized carbons (Fsp3) is 0.647. The number of para-hydroxylation sites is 2. The van der Waals surface area contributed by atoms with E-state index in [4.69, 9.17) is 5.73 Å². The minimum absolute atomic E-state index is 0.861. The van der Waals surface area contributed by atoms with Gasteiger partial charge in [0.2, 0.25) is 0 Å². The second-order valence-electron chi connectivity index (χ2n) is 5.52. The molecule has 3 rings (SSSR count). The molecule has 0 atom stereocenters. The predicted octanol–water partition coefficient (Wildman–Crippen LogP) is 3.36. The number of hydrogen-bond acceptors (Lipinski definition) is 3. The lowest BCUT2D eigenvalue weighted by atomic mass is 10.1. The molecule has 1 aromatic carbocycles. The lowest BCUT2D eigenvalue weighted by Crippen LogP contribution is -2.49. The molecule has 1 aromatic rings. The van der Waals surface area contributed by atoms with E-state index in [0.717, 1.165) is 24.8 Å². The molecule has 0 bridgehead atoms. The zero-order valence-corrected chi connectivity index (χ0v) is 13.0. The molecule has 1 heterocycles. The van der Waals surface area contributed by atoms with Crippen LogP contribution in [0.25, 0.3) is 0 Å². The summed E-state index contributed by atoms with van der Waals surface area (Å²) in [5.41, 5.74) is 8.17. The van der Waals surface area contributed by atoms with Gasteiger partial charge in [-0.05, 0) is 25.0 Å². The first-order chi connectivity index (χ1) is 9.84. The van der Waals surface area contributed by atoms with Gasteiger partial charge in [-0.2, -0.15) is 0 Å². The van der Waals surface area contributed by atoms with Crippen molar-refractivity contribution in [2.45, 2.75) is 45.6 Å². The van der Waals surface area contributed by atoms with Gasteiger partial charge in [-0.3, -0.25) is 4.90 Å². The summed E-state index contributed by atoms with van der Waals surface area (Å²) in [6, 6.07) is 9.09. The Hall–Kier alpha value is -1.22.